The maximum atomic E-state index is 12.4. The summed E-state index contributed by atoms with van der Waals surface area (Å²) >= 11 is 0. The second-order valence-corrected chi connectivity index (χ2v) is 6.96. The average molecular weight is 369 g/mol. The van der Waals surface area contributed by atoms with E-state index in [9.17, 15) is 4.79 Å². The summed E-state index contributed by atoms with van der Waals surface area (Å²) in [6.07, 6.45) is 0. The van der Waals surface area contributed by atoms with Gasteiger partial charge in [0.05, 0.1) is 11.6 Å². The van der Waals surface area contributed by atoms with Gasteiger partial charge in [-0.15, -0.1) is 0 Å². The maximum Gasteiger partial charge on any atom is 0.255 e. The molecular formula is C24H23N3O. The van der Waals surface area contributed by atoms with Crippen LogP contribution in [0.5, 0.6) is 0 Å². The fourth-order valence-corrected chi connectivity index (χ4v) is 2.81. The third-order valence-electron chi connectivity index (χ3n) is 4.40. The molecular weight excluding hydrogens is 346 g/mol. The highest BCUT2D eigenvalue weighted by Crippen LogP contribution is 2.23. The Morgan fingerprint density at radius 1 is 0.964 bits per heavy atom. The molecule has 0 saturated carbocycles. The Bertz CT molecular complexity index is 984. The van der Waals surface area contributed by atoms with Crippen LogP contribution in [0.2, 0.25) is 0 Å². The predicted octanol–water partition coefficient (Wildman–Crippen LogP) is 4.98. The number of nitrogens with one attached hydrogen (secondary N) is 2. The zero-order chi connectivity index (χ0) is 19.9. The monoisotopic (exact) mass is 369 g/mol. The number of nitriles is 1. The second-order valence-electron chi connectivity index (χ2n) is 6.96. The van der Waals surface area contributed by atoms with E-state index < -0.39 is 0 Å². The highest BCUT2D eigenvalue weighted by atomic mass is 16.1. The van der Waals surface area contributed by atoms with Crippen LogP contribution >= 0.6 is 0 Å². The summed E-state index contributed by atoms with van der Waals surface area (Å²) in [5, 5.41) is 15.2. The van der Waals surface area contributed by atoms with Gasteiger partial charge in [0.1, 0.15) is 0 Å². The molecule has 0 unspecified atom stereocenters. The van der Waals surface area contributed by atoms with Crippen molar-refractivity contribution in [2.45, 2.75) is 26.4 Å². The third kappa shape index (κ3) is 5.06. The molecule has 0 aliphatic carbocycles. The Morgan fingerprint density at radius 3 is 2.32 bits per heavy atom. The minimum Gasteiger partial charge on any atom is -0.322 e. The van der Waals surface area contributed by atoms with Crippen molar-refractivity contribution >= 4 is 11.6 Å². The number of hydrogen-bond donors (Lipinski definition) is 2. The standard InChI is InChI=1S/C24H23N3O/c1-17(2)26-16-19-8-10-20(11-9-19)22-4-3-5-23(14-22)27-24(28)21-12-6-18(15-25)7-13-21/h3-14,17,26H,16H2,1-2H3,(H,27,28). The van der Waals surface area contributed by atoms with Crippen molar-refractivity contribution in [3.63, 3.8) is 0 Å². The summed E-state index contributed by atoms with van der Waals surface area (Å²) in [4.78, 5) is 12.4. The summed E-state index contributed by atoms with van der Waals surface area (Å²) < 4.78 is 0. The Labute approximate surface area is 165 Å². The SMILES string of the molecule is CC(C)NCc1ccc(-c2cccc(NC(=O)c3ccc(C#N)cc3)c2)cc1. The first-order valence-electron chi connectivity index (χ1n) is 9.29. The molecule has 0 radical (unpaired) electrons. The highest BCUT2D eigenvalue weighted by Gasteiger charge is 2.07. The average Bonchev–Trinajstić information content (AvgIpc) is 2.73. The normalized spacial score (nSPS) is 10.5. The topological polar surface area (TPSA) is 64.9 Å². The van der Waals surface area contributed by atoms with Crippen LogP contribution in [0.3, 0.4) is 0 Å². The molecule has 140 valence electrons. The lowest BCUT2D eigenvalue weighted by molar-refractivity contribution is 0.102. The van der Waals surface area contributed by atoms with E-state index in [1.807, 2.05) is 30.3 Å². The van der Waals surface area contributed by atoms with Gasteiger partial charge in [-0.2, -0.15) is 5.26 Å². The molecule has 4 nitrogen and oxygen atoms in total. The van der Waals surface area contributed by atoms with E-state index in [1.54, 1.807) is 24.3 Å². The van der Waals surface area contributed by atoms with Crippen molar-refractivity contribution in [3.8, 4) is 17.2 Å². The Balaban J connectivity index is 1.71. The summed E-state index contributed by atoms with van der Waals surface area (Å²) in [5.74, 6) is -0.197. The molecule has 0 heterocycles. The lowest BCUT2D eigenvalue weighted by Crippen LogP contribution is -2.21. The first-order chi connectivity index (χ1) is 13.5. The van der Waals surface area contributed by atoms with Crippen LogP contribution in [0, 0.1) is 11.3 Å². The summed E-state index contributed by atoms with van der Waals surface area (Å²) in [6, 6.07) is 25.3. The third-order valence-corrected chi connectivity index (χ3v) is 4.40. The molecule has 3 rings (SSSR count). The number of hydrogen-bond acceptors (Lipinski definition) is 3. The molecule has 3 aromatic rings. The van der Waals surface area contributed by atoms with Crippen molar-refractivity contribution in [2.24, 2.45) is 0 Å². The van der Waals surface area contributed by atoms with Crippen LogP contribution < -0.4 is 10.6 Å². The van der Waals surface area contributed by atoms with Gasteiger partial charge in [0, 0.05) is 23.8 Å². The minimum atomic E-state index is -0.197. The number of amides is 1. The van der Waals surface area contributed by atoms with E-state index in [0.29, 0.717) is 17.2 Å². The van der Waals surface area contributed by atoms with Crippen LogP contribution in [0.4, 0.5) is 5.69 Å². The molecule has 0 aromatic heterocycles. The van der Waals surface area contributed by atoms with Crippen molar-refractivity contribution in [1.29, 1.82) is 5.26 Å². The fourth-order valence-electron chi connectivity index (χ4n) is 2.81. The van der Waals surface area contributed by atoms with Gasteiger partial charge in [0.25, 0.3) is 5.91 Å². The molecule has 4 heteroatoms. The Kier molecular flexibility index (Phi) is 6.21. The summed E-state index contributed by atoms with van der Waals surface area (Å²) in [6.45, 7) is 5.11. The maximum absolute atomic E-state index is 12.4. The van der Waals surface area contributed by atoms with Crippen molar-refractivity contribution in [3.05, 3.63) is 89.5 Å². The smallest absolute Gasteiger partial charge is 0.255 e. The molecule has 0 aliphatic rings. The molecule has 0 atom stereocenters. The number of anilines is 1. The zero-order valence-corrected chi connectivity index (χ0v) is 16.1. The van der Waals surface area contributed by atoms with E-state index in [-0.39, 0.29) is 5.91 Å². The van der Waals surface area contributed by atoms with Crippen LogP contribution in [0.15, 0.2) is 72.8 Å². The Morgan fingerprint density at radius 2 is 1.68 bits per heavy atom. The van der Waals surface area contributed by atoms with Crippen LogP contribution in [-0.2, 0) is 6.54 Å². The van der Waals surface area contributed by atoms with Crippen molar-refractivity contribution in [2.75, 3.05) is 5.32 Å². The first-order valence-corrected chi connectivity index (χ1v) is 9.29. The number of nitrogens with zero attached hydrogens (tertiary/aromatic N) is 1. The number of carbonyl (C=O) groups is 1. The lowest BCUT2D eigenvalue weighted by atomic mass is 10.0. The van der Waals surface area contributed by atoms with Crippen molar-refractivity contribution < 1.29 is 4.79 Å². The van der Waals surface area contributed by atoms with E-state index >= 15 is 0 Å². The lowest BCUT2D eigenvalue weighted by Gasteiger charge is -2.10. The van der Waals surface area contributed by atoms with Gasteiger partial charge in [0.2, 0.25) is 0 Å². The van der Waals surface area contributed by atoms with E-state index in [1.165, 1.54) is 5.56 Å². The predicted molar refractivity (Wildman–Crippen MR) is 113 cm³/mol. The van der Waals surface area contributed by atoms with E-state index in [4.69, 9.17) is 5.26 Å². The van der Waals surface area contributed by atoms with Crippen LogP contribution in [0.25, 0.3) is 11.1 Å². The molecule has 0 bridgehead atoms. The Hall–Kier alpha value is -3.42. The van der Waals surface area contributed by atoms with Crippen LogP contribution in [-0.4, -0.2) is 11.9 Å². The van der Waals surface area contributed by atoms with Crippen LogP contribution in [0.1, 0.15) is 35.3 Å². The van der Waals surface area contributed by atoms with Crippen molar-refractivity contribution in [1.82, 2.24) is 5.32 Å². The molecule has 0 fully saturated rings. The molecule has 28 heavy (non-hydrogen) atoms. The quantitative estimate of drug-likeness (QED) is 0.644. The molecule has 0 aliphatic heterocycles. The minimum absolute atomic E-state index is 0.197. The number of carbonyl (C=O) groups excluding carboxylic acids is 1. The van der Waals surface area contributed by atoms with Gasteiger partial charge in [0.15, 0.2) is 0 Å². The molecule has 3 aromatic carbocycles. The van der Waals surface area contributed by atoms with Gasteiger partial charge in [-0.25, -0.2) is 0 Å². The number of benzene rings is 3. The molecule has 2 N–H and O–H groups in total. The molecule has 1 amide bonds. The van der Waals surface area contributed by atoms with Gasteiger partial charge in [-0.05, 0) is 53.1 Å². The second kappa shape index (κ2) is 8.98. The van der Waals surface area contributed by atoms with Gasteiger partial charge < -0.3 is 10.6 Å². The first kappa shape index (κ1) is 19.3. The zero-order valence-electron chi connectivity index (χ0n) is 16.1. The van der Waals surface area contributed by atoms with Gasteiger partial charge in [-0.3, -0.25) is 4.79 Å². The summed E-state index contributed by atoms with van der Waals surface area (Å²) in [5.41, 5.74) is 5.17. The molecule has 0 spiro atoms. The van der Waals surface area contributed by atoms with Gasteiger partial charge >= 0.3 is 0 Å². The van der Waals surface area contributed by atoms with E-state index in [2.05, 4.69) is 48.7 Å². The van der Waals surface area contributed by atoms with E-state index in [0.717, 1.165) is 23.4 Å². The largest absolute Gasteiger partial charge is 0.322 e. The fraction of sp³-hybridized carbons (Fsp3) is 0.167. The molecule has 0 saturated heterocycles. The number of rotatable bonds is 6. The van der Waals surface area contributed by atoms with Gasteiger partial charge in [-0.1, -0.05) is 50.2 Å². The highest BCUT2D eigenvalue weighted by molar-refractivity contribution is 6.04. The summed E-state index contributed by atoms with van der Waals surface area (Å²) in [7, 11) is 0.